The lowest BCUT2D eigenvalue weighted by Crippen LogP contribution is -2.39. The zero-order valence-electron chi connectivity index (χ0n) is 6.56. The molecule has 1 aliphatic heterocycles. The van der Waals surface area contributed by atoms with E-state index >= 15 is 0 Å². The molecule has 0 saturated carbocycles. The molecule has 0 aromatic rings. The molecule has 0 amide bonds. The molecule has 0 radical (unpaired) electrons. The average Bonchev–Trinajstić information content (AvgIpc) is 2.33. The molecule has 2 N–H and O–H groups in total. The van der Waals surface area contributed by atoms with Crippen LogP contribution < -0.4 is 0 Å². The van der Waals surface area contributed by atoms with E-state index in [9.17, 15) is 9.59 Å². The van der Waals surface area contributed by atoms with Crippen molar-refractivity contribution in [3.05, 3.63) is 0 Å². The number of carboxylic acid groups (broad SMARTS) is 2. The minimum atomic E-state index is -0.969. The Kier molecular flexibility index (Phi) is 2.65. The molecule has 0 aromatic carbocycles. The molecule has 0 aliphatic carbocycles. The Morgan fingerprint density at radius 2 is 2.08 bits per heavy atom. The first-order chi connectivity index (χ1) is 5.61. The predicted molar refractivity (Wildman–Crippen MR) is 39.9 cm³/mol. The number of likely N-dealkylation sites (tertiary alicyclic amines) is 1. The number of carboxylic acids is 2. The van der Waals surface area contributed by atoms with E-state index in [0.29, 0.717) is 13.0 Å². The van der Waals surface area contributed by atoms with Gasteiger partial charge in [-0.1, -0.05) is 0 Å². The van der Waals surface area contributed by atoms with Gasteiger partial charge in [-0.3, -0.25) is 14.5 Å². The van der Waals surface area contributed by atoms with Gasteiger partial charge in [0, 0.05) is 0 Å². The van der Waals surface area contributed by atoms with Crippen molar-refractivity contribution in [3.63, 3.8) is 0 Å². The van der Waals surface area contributed by atoms with Crippen LogP contribution in [0.3, 0.4) is 0 Å². The van der Waals surface area contributed by atoms with E-state index < -0.39 is 18.0 Å². The van der Waals surface area contributed by atoms with Gasteiger partial charge in [-0.05, 0) is 19.4 Å². The van der Waals surface area contributed by atoms with Gasteiger partial charge in [0.25, 0.3) is 0 Å². The monoisotopic (exact) mass is 173 g/mol. The van der Waals surface area contributed by atoms with Crippen molar-refractivity contribution >= 4 is 11.9 Å². The second-order valence-electron chi connectivity index (χ2n) is 2.86. The van der Waals surface area contributed by atoms with Gasteiger partial charge in [0.2, 0.25) is 0 Å². The highest BCUT2D eigenvalue weighted by Crippen LogP contribution is 2.16. The van der Waals surface area contributed by atoms with E-state index in [1.54, 1.807) is 0 Å². The van der Waals surface area contributed by atoms with Crippen molar-refractivity contribution in [2.45, 2.75) is 18.9 Å². The van der Waals surface area contributed by atoms with Crippen LogP contribution in [0.25, 0.3) is 0 Å². The highest BCUT2D eigenvalue weighted by atomic mass is 16.4. The second kappa shape index (κ2) is 3.53. The van der Waals surface area contributed by atoms with Crippen LogP contribution in [0.15, 0.2) is 0 Å². The molecule has 68 valence electrons. The van der Waals surface area contributed by atoms with Crippen LogP contribution in [0.1, 0.15) is 12.8 Å². The highest BCUT2D eigenvalue weighted by Gasteiger charge is 2.31. The molecule has 1 rings (SSSR count). The third-order valence-corrected chi connectivity index (χ3v) is 1.99. The van der Waals surface area contributed by atoms with Gasteiger partial charge in [0.15, 0.2) is 0 Å². The van der Waals surface area contributed by atoms with Gasteiger partial charge in [0.1, 0.15) is 6.04 Å². The number of hydrogen-bond donors (Lipinski definition) is 2. The van der Waals surface area contributed by atoms with Crippen LogP contribution in [-0.4, -0.2) is 46.2 Å². The number of hydrogen-bond acceptors (Lipinski definition) is 3. The fraction of sp³-hybridized carbons (Fsp3) is 0.714. The summed E-state index contributed by atoms with van der Waals surface area (Å²) in [5.41, 5.74) is 0. The Bertz CT molecular complexity index is 204. The summed E-state index contributed by atoms with van der Waals surface area (Å²) in [6.45, 7) is 0.403. The Morgan fingerprint density at radius 3 is 2.58 bits per heavy atom. The second-order valence-corrected chi connectivity index (χ2v) is 2.86. The maximum Gasteiger partial charge on any atom is 0.320 e. The molecule has 1 saturated heterocycles. The van der Waals surface area contributed by atoms with E-state index in [1.165, 1.54) is 4.90 Å². The zero-order chi connectivity index (χ0) is 9.14. The lowest BCUT2D eigenvalue weighted by atomic mass is 10.2. The van der Waals surface area contributed by atoms with E-state index in [-0.39, 0.29) is 6.54 Å². The largest absolute Gasteiger partial charge is 0.480 e. The van der Waals surface area contributed by atoms with Crippen LogP contribution in [0, 0.1) is 0 Å². The summed E-state index contributed by atoms with van der Waals surface area (Å²) in [5, 5.41) is 17.1. The summed E-state index contributed by atoms with van der Waals surface area (Å²) in [6, 6.07) is -0.596. The number of nitrogens with zero attached hydrogens (tertiary/aromatic N) is 1. The minimum Gasteiger partial charge on any atom is -0.480 e. The summed E-state index contributed by atoms with van der Waals surface area (Å²) < 4.78 is 0. The third kappa shape index (κ3) is 1.94. The van der Waals surface area contributed by atoms with Gasteiger partial charge in [-0.25, -0.2) is 0 Å². The summed E-state index contributed by atoms with van der Waals surface area (Å²) in [4.78, 5) is 22.3. The zero-order valence-corrected chi connectivity index (χ0v) is 6.56. The Labute approximate surface area is 69.6 Å². The lowest BCUT2D eigenvalue weighted by molar-refractivity contribution is -0.144. The molecule has 1 unspecified atom stereocenters. The molecule has 0 aromatic heterocycles. The molecule has 0 spiro atoms. The maximum atomic E-state index is 10.6. The van der Waals surface area contributed by atoms with E-state index in [4.69, 9.17) is 10.2 Å². The van der Waals surface area contributed by atoms with E-state index in [0.717, 1.165) is 6.42 Å². The smallest absolute Gasteiger partial charge is 0.320 e. The molecule has 5 heteroatoms. The fourth-order valence-electron chi connectivity index (χ4n) is 1.47. The van der Waals surface area contributed by atoms with E-state index in [2.05, 4.69) is 0 Å². The quantitative estimate of drug-likeness (QED) is 0.608. The topological polar surface area (TPSA) is 77.8 Å². The Hall–Kier alpha value is -1.10. The molecular weight excluding hydrogens is 162 g/mol. The van der Waals surface area contributed by atoms with E-state index in [1.807, 2.05) is 0 Å². The van der Waals surface area contributed by atoms with Gasteiger partial charge < -0.3 is 10.2 Å². The molecule has 12 heavy (non-hydrogen) atoms. The normalized spacial score (nSPS) is 24.2. The van der Waals surface area contributed by atoms with Crippen LogP contribution in [0.4, 0.5) is 0 Å². The van der Waals surface area contributed by atoms with Gasteiger partial charge in [-0.2, -0.15) is 0 Å². The fourth-order valence-corrected chi connectivity index (χ4v) is 1.47. The Balaban J connectivity index is 2.52. The predicted octanol–water partition coefficient (Wildman–Crippen LogP) is -0.380. The van der Waals surface area contributed by atoms with Crippen molar-refractivity contribution in [1.82, 2.24) is 4.90 Å². The molecule has 1 atom stereocenters. The number of aliphatic carboxylic acids is 2. The number of carbonyl (C=O) groups is 2. The van der Waals surface area contributed by atoms with Gasteiger partial charge in [-0.15, -0.1) is 0 Å². The lowest BCUT2D eigenvalue weighted by Gasteiger charge is -2.17. The first-order valence-corrected chi connectivity index (χ1v) is 3.80. The first-order valence-electron chi connectivity index (χ1n) is 3.80. The standard InChI is InChI=1S/C7H11NO4/c9-6(10)4-8-3-1-2-5(8)7(11)12/h5H,1-4H2,(H,9,10)(H,11,12). The summed E-state index contributed by atoms with van der Waals surface area (Å²) >= 11 is 0. The average molecular weight is 173 g/mol. The van der Waals surface area contributed by atoms with Crippen molar-refractivity contribution in [3.8, 4) is 0 Å². The summed E-state index contributed by atoms with van der Waals surface area (Å²) in [5.74, 6) is -1.89. The van der Waals surface area contributed by atoms with Crippen LogP contribution in [0.5, 0.6) is 0 Å². The molecule has 1 aliphatic rings. The molecule has 1 heterocycles. The van der Waals surface area contributed by atoms with Gasteiger partial charge >= 0.3 is 11.9 Å². The summed E-state index contributed by atoms with van der Waals surface area (Å²) in [6.07, 6.45) is 1.33. The highest BCUT2D eigenvalue weighted by molar-refractivity contribution is 5.75. The van der Waals surface area contributed by atoms with Crippen molar-refractivity contribution in [1.29, 1.82) is 0 Å². The van der Waals surface area contributed by atoms with Crippen LogP contribution >= 0.6 is 0 Å². The molecular formula is C7H11NO4. The SMILES string of the molecule is O=C(O)CN1CCCC1C(=O)O. The Morgan fingerprint density at radius 1 is 1.42 bits per heavy atom. The molecule has 1 fully saturated rings. The van der Waals surface area contributed by atoms with Crippen LogP contribution in [0.2, 0.25) is 0 Å². The minimum absolute atomic E-state index is 0.170. The molecule has 5 nitrogen and oxygen atoms in total. The first kappa shape index (κ1) is 8.99. The van der Waals surface area contributed by atoms with Crippen molar-refractivity contribution < 1.29 is 19.8 Å². The third-order valence-electron chi connectivity index (χ3n) is 1.99. The molecule has 0 bridgehead atoms. The van der Waals surface area contributed by atoms with Gasteiger partial charge in [0.05, 0.1) is 6.54 Å². The number of rotatable bonds is 3. The van der Waals surface area contributed by atoms with Crippen molar-refractivity contribution in [2.24, 2.45) is 0 Å². The van der Waals surface area contributed by atoms with Crippen LogP contribution in [-0.2, 0) is 9.59 Å². The maximum absolute atomic E-state index is 10.6. The van der Waals surface area contributed by atoms with Crippen molar-refractivity contribution in [2.75, 3.05) is 13.1 Å². The summed E-state index contributed by atoms with van der Waals surface area (Å²) in [7, 11) is 0.